The number of hydrogen-bond donors (Lipinski definition) is 1. The first-order valence-corrected chi connectivity index (χ1v) is 9.81. The summed E-state index contributed by atoms with van der Waals surface area (Å²) in [7, 11) is 0. The highest BCUT2D eigenvalue weighted by molar-refractivity contribution is 6.31. The second-order valence-electron chi connectivity index (χ2n) is 7.68. The molecule has 1 N–H and O–H groups in total. The van der Waals surface area contributed by atoms with Crippen molar-refractivity contribution in [2.45, 2.75) is 43.4 Å². The molecule has 0 radical (unpaired) electrons. The van der Waals surface area contributed by atoms with Gasteiger partial charge in [0.15, 0.2) is 0 Å². The molecule has 1 aromatic carbocycles. The van der Waals surface area contributed by atoms with Crippen LogP contribution < -0.4 is 0 Å². The third-order valence-corrected chi connectivity index (χ3v) is 6.24. The molecule has 0 saturated carbocycles. The summed E-state index contributed by atoms with van der Waals surface area (Å²) >= 11 is 6.16. The summed E-state index contributed by atoms with van der Waals surface area (Å²) in [5.41, 5.74) is -0.0331. The van der Waals surface area contributed by atoms with E-state index in [1.165, 1.54) is 6.07 Å². The number of halogens is 2. The standard InChI is InChI=1S/C21H24ClFN2O2/c22-17-4-3-5-18(23)16(17)14-25-11-7-20(8-12-25)15-21(26,9-13-27-20)19-6-1-2-10-24-19/h1-6,10,26H,7-9,11-15H2. The van der Waals surface area contributed by atoms with E-state index >= 15 is 0 Å². The molecule has 1 unspecified atom stereocenters. The summed E-state index contributed by atoms with van der Waals surface area (Å²) < 4.78 is 20.2. The number of aromatic nitrogens is 1. The van der Waals surface area contributed by atoms with Gasteiger partial charge in [-0.25, -0.2) is 4.39 Å². The SMILES string of the molecule is OC1(c2ccccn2)CCOC2(CCN(Cc3c(F)cccc3Cl)CC2)C1. The van der Waals surface area contributed by atoms with E-state index in [0.717, 1.165) is 25.9 Å². The highest BCUT2D eigenvalue weighted by atomic mass is 35.5. The number of likely N-dealkylation sites (tertiary alicyclic amines) is 1. The van der Waals surface area contributed by atoms with Crippen molar-refractivity contribution >= 4 is 11.6 Å². The number of aliphatic hydroxyl groups is 1. The van der Waals surface area contributed by atoms with Gasteiger partial charge in [0.2, 0.25) is 0 Å². The van der Waals surface area contributed by atoms with Crippen LogP contribution in [0.3, 0.4) is 0 Å². The second-order valence-corrected chi connectivity index (χ2v) is 8.09. The van der Waals surface area contributed by atoms with Crippen LogP contribution in [-0.4, -0.2) is 40.3 Å². The molecule has 1 aromatic heterocycles. The Labute approximate surface area is 163 Å². The zero-order valence-electron chi connectivity index (χ0n) is 15.2. The van der Waals surface area contributed by atoms with E-state index in [4.69, 9.17) is 16.3 Å². The predicted octanol–water partition coefficient (Wildman–Crippen LogP) is 3.91. The number of nitrogens with zero attached hydrogens (tertiary/aromatic N) is 2. The molecule has 27 heavy (non-hydrogen) atoms. The molecule has 6 heteroatoms. The van der Waals surface area contributed by atoms with Gasteiger partial charge in [0.25, 0.3) is 0 Å². The van der Waals surface area contributed by atoms with E-state index in [1.54, 1.807) is 18.3 Å². The van der Waals surface area contributed by atoms with Crippen LogP contribution in [0, 0.1) is 5.82 Å². The van der Waals surface area contributed by atoms with E-state index in [9.17, 15) is 9.50 Å². The van der Waals surface area contributed by atoms with E-state index in [0.29, 0.717) is 42.3 Å². The zero-order valence-corrected chi connectivity index (χ0v) is 16.0. The average Bonchev–Trinajstić information content (AvgIpc) is 2.67. The van der Waals surface area contributed by atoms with Gasteiger partial charge in [-0.2, -0.15) is 0 Å². The smallest absolute Gasteiger partial charge is 0.129 e. The number of rotatable bonds is 3. The van der Waals surface area contributed by atoms with Gasteiger partial charge in [-0.3, -0.25) is 9.88 Å². The first-order valence-electron chi connectivity index (χ1n) is 9.43. The van der Waals surface area contributed by atoms with Crippen LogP contribution in [0.15, 0.2) is 42.6 Å². The molecule has 0 bridgehead atoms. The molecule has 2 saturated heterocycles. The molecule has 2 aliphatic rings. The van der Waals surface area contributed by atoms with Gasteiger partial charge in [0, 0.05) is 49.3 Å². The van der Waals surface area contributed by atoms with Crippen molar-refractivity contribution < 1.29 is 14.2 Å². The Morgan fingerprint density at radius 2 is 1.96 bits per heavy atom. The van der Waals surface area contributed by atoms with Gasteiger partial charge in [0.05, 0.1) is 17.9 Å². The van der Waals surface area contributed by atoms with Crippen molar-refractivity contribution in [2.24, 2.45) is 0 Å². The molecular weight excluding hydrogens is 367 g/mol. The van der Waals surface area contributed by atoms with E-state index < -0.39 is 5.60 Å². The third-order valence-electron chi connectivity index (χ3n) is 5.89. The lowest BCUT2D eigenvalue weighted by molar-refractivity contribution is -0.183. The van der Waals surface area contributed by atoms with Crippen molar-refractivity contribution in [1.29, 1.82) is 0 Å². The van der Waals surface area contributed by atoms with Crippen molar-refractivity contribution in [3.05, 3.63) is 64.7 Å². The molecule has 1 spiro atoms. The molecule has 0 aliphatic carbocycles. The minimum absolute atomic E-state index is 0.263. The minimum atomic E-state index is -0.948. The van der Waals surface area contributed by atoms with Gasteiger partial charge < -0.3 is 9.84 Å². The molecule has 144 valence electrons. The monoisotopic (exact) mass is 390 g/mol. The normalized spacial score (nSPS) is 25.6. The van der Waals surface area contributed by atoms with Crippen LogP contribution in [0.2, 0.25) is 5.02 Å². The van der Waals surface area contributed by atoms with Crippen LogP contribution in [-0.2, 0) is 16.9 Å². The van der Waals surface area contributed by atoms with Crippen LogP contribution in [0.1, 0.15) is 36.9 Å². The maximum Gasteiger partial charge on any atom is 0.129 e. The predicted molar refractivity (Wildman–Crippen MR) is 102 cm³/mol. The highest BCUT2D eigenvalue weighted by Gasteiger charge is 2.47. The minimum Gasteiger partial charge on any atom is -0.383 e. The van der Waals surface area contributed by atoms with Crippen LogP contribution in [0.5, 0.6) is 0 Å². The fourth-order valence-corrected chi connectivity index (χ4v) is 4.53. The molecule has 4 nitrogen and oxygen atoms in total. The fraction of sp³-hybridized carbons (Fsp3) is 0.476. The van der Waals surface area contributed by atoms with Gasteiger partial charge in [-0.05, 0) is 37.1 Å². The summed E-state index contributed by atoms with van der Waals surface area (Å²) in [4.78, 5) is 6.57. The van der Waals surface area contributed by atoms with Crippen LogP contribution in [0.4, 0.5) is 4.39 Å². The Hall–Kier alpha value is -1.53. The molecule has 2 fully saturated rings. The lowest BCUT2D eigenvalue weighted by Gasteiger charge is -2.49. The van der Waals surface area contributed by atoms with E-state index in [2.05, 4.69) is 9.88 Å². The number of benzene rings is 1. The zero-order chi connectivity index (χ0) is 18.9. The average molecular weight is 391 g/mol. The van der Waals surface area contributed by atoms with Gasteiger partial charge in [-0.1, -0.05) is 23.7 Å². The lowest BCUT2D eigenvalue weighted by Crippen LogP contribution is -2.53. The van der Waals surface area contributed by atoms with Gasteiger partial charge in [-0.15, -0.1) is 0 Å². The van der Waals surface area contributed by atoms with E-state index in [1.807, 2.05) is 18.2 Å². The molecule has 2 aliphatic heterocycles. The molecule has 0 amide bonds. The molecule has 4 rings (SSSR count). The number of pyridine rings is 1. The lowest BCUT2D eigenvalue weighted by atomic mass is 9.75. The van der Waals surface area contributed by atoms with Gasteiger partial charge >= 0.3 is 0 Å². The maximum absolute atomic E-state index is 14.1. The molecular formula is C21H24ClFN2O2. The molecule has 2 aromatic rings. The summed E-state index contributed by atoms with van der Waals surface area (Å²) in [5.74, 6) is -0.263. The highest BCUT2D eigenvalue weighted by Crippen LogP contribution is 2.44. The van der Waals surface area contributed by atoms with E-state index in [-0.39, 0.29) is 11.4 Å². The number of hydrogen-bond acceptors (Lipinski definition) is 4. The maximum atomic E-state index is 14.1. The molecule has 3 heterocycles. The first kappa shape index (κ1) is 18.8. The third kappa shape index (κ3) is 3.87. The number of piperidine rings is 1. The number of ether oxygens (including phenoxy) is 1. The van der Waals surface area contributed by atoms with Gasteiger partial charge in [0.1, 0.15) is 11.4 Å². The largest absolute Gasteiger partial charge is 0.383 e. The Morgan fingerprint density at radius 3 is 2.67 bits per heavy atom. The summed E-state index contributed by atoms with van der Waals surface area (Å²) in [5, 5.41) is 11.7. The summed E-state index contributed by atoms with van der Waals surface area (Å²) in [6, 6.07) is 10.4. The van der Waals surface area contributed by atoms with Crippen LogP contribution in [0.25, 0.3) is 0 Å². The second kappa shape index (κ2) is 7.47. The first-order chi connectivity index (χ1) is 13.0. The fourth-order valence-electron chi connectivity index (χ4n) is 4.31. The van der Waals surface area contributed by atoms with Crippen molar-refractivity contribution in [3.8, 4) is 0 Å². The molecule has 1 atom stereocenters. The Bertz CT molecular complexity index is 776. The topological polar surface area (TPSA) is 45.6 Å². The summed E-state index contributed by atoms with van der Waals surface area (Å²) in [6.07, 6.45) is 4.42. The quantitative estimate of drug-likeness (QED) is 0.863. The Kier molecular flexibility index (Phi) is 5.21. The summed E-state index contributed by atoms with van der Waals surface area (Å²) in [6.45, 7) is 2.57. The van der Waals surface area contributed by atoms with Crippen molar-refractivity contribution in [2.75, 3.05) is 19.7 Å². The van der Waals surface area contributed by atoms with Crippen molar-refractivity contribution in [1.82, 2.24) is 9.88 Å². The van der Waals surface area contributed by atoms with Crippen LogP contribution >= 0.6 is 11.6 Å². The van der Waals surface area contributed by atoms with Crippen molar-refractivity contribution in [3.63, 3.8) is 0 Å². The Balaban J connectivity index is 1.44. The Morgan fingerprint density at radius 1 is 1.15 bits per heavy atom.